The quantitative estimate of drug-likeness (QED) is 0.773. The number of hydrogen-bond donors (Lipinski definition) is 1. The predicted octanol–water partition coefficient (Wildman–Crippen LogP) is 1.86. The van der Waals surface area contributed by atoms with E-state index in [0.29, 0.717) is 16.7 Å². The SMILES string of the molecule is Nc1cnc2c(ccn2S(=O)(=O)c2ccccc2)c1. The molecule has 0 unspecified atom stereocenters. The second kappa shape index (κ2) is 4.10. The first-order valence-corrected chi connectivity index (χ1v) is 7.06. The van der Waals surface area contributed by atoms with Gasteiger partial charge in [0.05, 0.1) is 16.8 Å². The molecule has 0 amide bonds. The van der Waals surface area contributed by atoms with Gasteiger partial charge in [-0.05, 0) is 24.3 Å². The van der Waals surface area contributed by atoms with Crippen LogP contribution in [0.15, 0.2) is 59.8 Å². The summed E-state index contributed by atoms with van der Waals surface area (Å²) >= 11 is 0. The molecule has 6 heteroatoms. The number of nitrogens with two attached hydrogens (primary N) is 1. The number of nitrogens with zero attached hydrogens (tertiary/aromatic N) is 2. The number of aromatic nitrogens is 2. The largest absolute Gasteiger partial charge is 0.397 e. The fourth-order valence-electron chi connectivity index (χ4n) is 1.92. The van der Waals surface area contributed by atoms with Gasteiger partial charge in [-0.25, -0.2) is 17.4 Å². The molecule has 2 N–H and O–H groups in total. The van der Waals surface area contributed by atoms with Crippen molar-refractivity contribution in [3.63, 3.8) is 0 Å². The first kappa shape index (κ1) is 11.7. The van der Waals surface area contributed by atoms with Crippen molar-refractivity contribution in [1.29, 1.82) is 0 Å². The summed E-state index contributed by atoms with van der Waals surface area (Å²) in [6.45, 7) is 0. The van der Waals surface area contributed by atoms with Crippen LogP contribution >= 0.6 is 0 Å². The molecule has 0 atom stereocenters. The second-order valence-corrected chi connectivity index (χ2v) is 5.93. The second-order valence-electron chi connectivity index (χ2n) is 4.11. The smallest absolute Gasteiger partial charge is 0.269 e. The lowest BCUT2D eigenvalue weighted by atomic mass is 10.3. The average molecular weight is 273 g/mol. The minimum Gasteiger partial charge on any atom is -0.397 e. The number of nitrogen functional groups attached to an aromatic ring is 1. The number of anilines is 1. The summed E-state index contributed by atoms with van der Waals surface area (Å²) in [5, 5.41) is 0.694. The summed E-state index contributed by atoms with van der Waals surface area (Å²) in [6, 6.07) is 11.6. The van der Waals surface area contributed by atoms with Crippen LogP contribution in [0.1, 0.15) is 0 Å². The number of benzene rings is 1. The molecule has 19 heavy (non-hydrogen) atoms. The maximum atomic E-state index is 12.5. The van der Waals surface area contributed by atoms with Gasteiger partial charge in [-0.15, -0.1) is 0 Å². The molecule has 3 rings (SSSR count). The summed E-state index contributed by atoms with van der Waals surface area (Å²) in [6.07, 6.45) is 2.93. The van der Waals surface area contributed by atoms with Crippen molar-refractivity contribution in [1.82, 2.24) is 8.96 Å². The molecule has 0 radical (unpaired) electrons. The zero-order chi connectivity index (χ0) is 13.5. The van der Waals surface area contributed by atoms with Crippen molar-refractivity contribution >= 4 is 26.7 Å². The van der Waals surface area contributed by atoms with Gasteiger partial charge in [0.1, 0.15) is 0 Å². The number of pyridine rings is 1. The Bertz CT molecular complexity index is 839. The van der Waals surface area contributed by atoms with E-state index in [4.69, 9.17) is 5.73 Å². The van der Waals surface area contributed by atoms with Crippen molar-refractivity contribution < 1.29 is 8.42 Å². The first-order valence-electron chi connectivity index (χ1n) is 5.62. The van der Waals surface area contributed by atoms with Crippen molar-refractivity contribution in [2.45, 2.75) is 4.90 Å². The molecule has 0 saturated heterocycles. The van der Waals surface area contributed by atoms with Crippen LogP contribution in [0.5, 0.6) is 0 Å². The van der Waals surface area contributed by atoms with Crippen LogP contribution in [0.3, 0.4) is 0 Å². The molecule has 0 aliphatic rings. The average Bonchev–Trinajstić information content (AvgIpc) is 2.83. The lowest BCUT2D eigenvalue weighted by Crippen LogP contribution is -2.12. The predicted molar refractivity (Wildman–Crippen MR) is 73.2 cm³/mol. The molecule has 0 aliphatic heterocycles. The van der Waals surface area contributed by atoms with E-state index in [0.717, 1.165) is 3.97 Å². The molecule has 0 saturated carbocycles. The van der Waals surface area contributed by atoms with Gasteiger partial charge in [-0.3, -0.25) is 0 Å². The highest BCUT2D eigenvalue weighted by Gasteiger charge is 2.18. The molecule has 2 heterocycles. The summed E-state index contributed by atoms with van der Waals surface area (Å²) in [7, 11) is -3.62. The third kappa shape index (κ3) is 1.86. The standard InChI is InChI=1S/C13H11N3O2S/c14-11-8-10-6-7-16(13(10)15-9-11)19(17,18)12-4-2-1-3-5-12/h1-9H,14H2. The van der Waals surface area contributed by atoms with Crippen LogP contribution in [0.25, 0.3) is 11.0 Å². The molecular weight excluding hydrogens is 262 g/mol. The third-order valence-electron chi connectivity index (χ3n) is 2.81. The number of hydrogen-bond acceptors (Lipinski definition) is 4. The van der Waals surface area contributed by atoms with Gasteiger partial charge in [0.15, 0.2) is 5.65 Å². The van der Waals surface area contributed by atoms with E-state index in [9.17, 15) is 8.42 Å². The highest BCUT2D eigenvalue weighted by atomic mass is 32.2. The van der Waals surface area contributed by atoms with Crippen LogP contribution in [0.2, 0.25) is 0 Å². The molecular formula is C13H11N3O2S. The molecule has 5 nitrogen and oxygen atoms in total. The zero-order valence-corrected chi connectivity index (χ0v) is 10.7. The Kier molecular flexibility index (Phi) is 2.53. The van der Waals surface area contributed by atoms with Crippen LogP contribution in [-0.2, 0) is 10.0 Å². The Morgan fingerprint density at radius 2 is 1.84 bits per heavy atom. The lowest BCUT2D eigenvalue weighted by Gasteiger charge is -2.06. The van der Waals surface area contributed by atoms with E-state index in [1.807, 2.05) is 0 Å². The van der Waals surface area contributed by atoms with Crippen molar-refractivity contribution in [2.24, 2.45) is 0 Å². The van der Waals surface area contributed by atoms with Gasteiger partial charge in [-0.1, -0.05) is 18.2 Å². The lowest BCUT2D eigenvalue weighted by molar-refractivity contribution is 0.589. The molecule has 3 aromatic rings. The maximum absolute atomic E-state index is 12.5. The minimum atomic E-state index is -3.62. The number of fused-ring (bicyclic) bond motifs is 1. The van der Waals surface area contributed by atoms with E-state index < -0.39 is 10.0 Å². The van der Waals surface area contributed by atoms with Gasteiger partial charge < -0.3 is 5.73 Å². The third-order valence-corrected chi connectivity index (χ3v) is 4.49. The van der Waals surface area contributed by atoms with Crippen molar-refractivity contribution in [3.05, 3.63) is 54.9 Å². The van der Waals surface area contributed by atoms with Crippen LogP contribution in [0, 0.1) is 0 Å². The van der Waals surface area contributed by atoms with Gasteiger partial charge in [0.2, 0.25) is 0 Å². The van der Waals surface area contributed by atoms with Crippen LogP contribution in [0.4, 0.5) is 5.69 Å². The topological polar surface area (TPSA) is 78.0 Å². The van der Waals surface area contributed by atoms with Crippen molar-refractivity contribution in [2.75, 3.05) is 5.73 Å². The van der Waals surface area contributed by atoms with Gasteiger partial charge in [0.25, 0.3) is 10.0 Å². The highest BCUT2D eigenvalue weighted by Crippen LogP contribution is 2.21. The van der Waals surface area contributed by atoms with E-state index in [-0.39, 0.29) is 4.90 Å². The Morgan fingerprint density at radius 1 is 1.11 bits per heavy atom. The molecule has 2 aromatic heterocycles. The summed E-state index contributed by atoms with van der Waals surface area (Å²) in [5.41, 5.74) is 6.51. The van der Waals surface area contributed by atoms with Gasteiger partial charge >= 0.3 is 0 Å². The Hall–Kier alpha value is -2.34. The van der Waals surface area contributed by atoms with Crippen LogP contribution < -0.4 is 5.73 Å². The zero-order valence-electron chi connectivity index (χ0n) is 9.89. The fraction of sp³-hybridized carbons (Fsp3) is 0. The number of rotatable bonds is 2. The molecule has 0 bridgehead atoms. The molecule has 0 aliphatic carbocycles. The Balaban J connectivity index is 2.25. The molecule has 96 valence electrons. The normalized spacial score (nSPS) is 11.8. The minimum absolute atomic E-state index is 0.228. The Morgan fingerprint density at radius 3 is 2.58 bits per heavy atom. The van der Waals surface area contributed by atoms with Crippen molar-refractivity contribution in [3.8, 4) is 0 Å². The van der Waals surface area contributed by atoms with E-state index >= 15 is 0 Å². The monoisotopic (exact) mass is 273 g/mol. The van der Waals surface area contributed by atoms with E-state index in [1.165, 1.54) is 12.4 Å². The summed E-state index contributed by atoms with van der Waals surface area (Å²) < 4.78 is 26.1. The van der Waals surface area contributed by atoms with E-state index in [1.54, 1.807) is 42.5 Å². The van der Waals surface area contributed by atoms with Crippen LogP contribution in [-0.4, -0.2) is 17.4 Å². The summed E-state index contributed by atoms with van der Waals surface area (Å²) in [5.74, 6) is 0. The van der Waals surface area contributed by atoms with Gasteiger partial charge in [0, 0.05) is 11.6 Å². The van der Waals surface area contributed by atoms with E-state index in [2.05, 4.69) is 4.98 Å². The first-order chi connectivity index (χ1) is 9.09. The Labute approximate surface area is 110 Å². The summed E-state index contributed by atoms with van der Waals surface area (Å²) in [4.78, 5) is 4.32. The maximum Gasteiger partial charge on any atom is 0.269 e. The highest BCUT2D eigenvalue weighted by molar-refractivity contribution is 7.90. The fourth-order valence-corrected chi connectivity index (χ4v) is 3.25. The molecule has 1 aromatic carbocycles. The molecule has 0 spiro atoms. The van der Waals surface area contributed by atoms with Gasteiger partial charge in [-0.2, -0.15) is 0 Å². The molecule has 0 fully saturated rings.